The SMILES string of the molecule is NC(=O)c1nn(Cc2cn(CCOCCOCCNc3cccc4c3C(=O)N(C3CCC(=O)NC3=O)C4=O)nn2)cc1CC(=O)c1coc(-c2ccnc(CCC3CC3)c2)n1. The van der Waals surface area contributed by atoms with Crippen molar-refractivity contribution in [3.05, 3.63) is 94.7 Å². The molecule has 20 heteroatoms. The van der Waals surface area contributed by atoms with Crippen LogP contribution in [0.1, 0.15) is 90.7 Å². The number of rotatable bonds is 21. The maximum atomic E-state index is 13.3. The number of imide groups is 2. The summed E-state index contributed by atoms with van der Waals surface area (Å²) >= 11 is 0. The van der Waals surface area contributed by atoms with Crippen molar-refractivity contribution in [1.82, 2.24) is 45.0 Å². The molecule has 8 rings (SSSR count). The second kappa shape index (κ2) is 18.1. The number of nitrogens with two attached hydrogens (primary N) is 1. The molecular formula is C41H43N11O9. The number of ketones is 1. The average molecular weight is 834 g/mol. The van der Waals surface area contributed by atoms with E-state index < -0.39 is 35.6 Å². The molecule has 1 aromatic carbocycles. The van der Waals surface area contributed by atoms with Crippen LogP contribution in [-0.2, 0) is 45.0 Å². The third kappa shape index (κ3) is 9.60. The molecule has 1 aliphatic carbocycles. The number of nitrogens with one attached hydrogen (secondary N) is 2. The van der Waals surface area contributed by atoms with Gasteiger partial charge < -0.3 is 24.9 Å². The highest BCUT2D eigenvalue weighted by atomic mass is 16.5. The number of fused-ring (bicyclic) bond motifs is 1. The van der Waals surface area contributed by atoms with Gasteiger partial charge in [-0.2, -0.15) is 5.10 Å². The van der Waals surface area contributed by atoms with Crippen LogP contribution in [0.2, 0.25) is 0 Å². The normalized spacial score (nSPS) is 16.3. The highest BCUT2D eigenvalue weighted by Gasteiger charge is 2.45. The first-order chi connectivity index (χ1) is 29.6. The van der Waals surface area contributed by atoms with Crippen LogP contribution in [0.25, 0.3) is 11.5 Å². The fraction of sp³-hybridized carbons (Fsp3) is 0.390. The van der Waals surface area contributed by atoms with Crippen LogP contribution in [-0.4, -0.2) is 114 Å². The summed E-state index contributed by atoms with van der Waals surface area (Å²) in [4.78, 5) is 85.5. The van der Waals surface area contributed by atoms with Crippen LogP contribution in [0.15, 0.2) is 59.6 Å². The summed E-state index contributed by atoms with van der Waals surface area (Å²) in [6.45, 7) is 2.13. The summed E-state index contributed by atoms with van der Waals surface area (Å²) in [6, 6.07) is 7.54. The van der Waals surface area contributed by atoms with E-state index in [1.165, 1.54) is 29.9 Å². The molecule has 4 aromatic heterocycles. The molecule has 1 atom stereocenters. The number of hydrogen-bond acceptors (Lipinski definition) is 15. The van der Waals surface area contributed by atoms with E-state index in [2.05, 4.69) is 36.0 Å². The number of oxazole rings is 1. The Balaban J connectivity index is 0.749. The topological polar surface area (TPSA) is 262 Å². The molecular weight excluding hydrogens is 791 g/mol. The number of aromatic nitrogens is 7. The van der Waals surface area contributed by atoms with Gasteiger partial charge in [0, 0.05) is 54.3 Å². The van der Waals surface area contributed by atoms with E-state index in [1.54, 1.807) is 41.5 Å². The van der Waals surface area contributed by atoms with Crippen LogP contribution in [0, 0.1) is 5.92 Å². The number of carbonyl (C=O) groups excluding carboxylic acids is 6. The van der Waals surface area contributed by atoms with Crippen molar-refractivity contribution in [2.45, 2.75) is 64.1 Å². The Hall–Kier alpha value is -6.93. The maximum absolute atomic E-state index is 13.3. The molecule has 1 saturated heterocycles. The summed E-state index contributed by atoms with van der Waals surface area (Å²) in [5, 5.41) is 17.9. The minimum absolute atomic E-state index is 0.0289. The second-order valence-electron chi connectivity index (χ2n) is 15.0. The van der Waals surface area contributed by atoms with Gasteiger partial charge in [0.25, 0.3) is 17.7 Å². The van der Waals surface area contributed by atoms with Gasteiger partial charge in [0.05, 0.1) is 56.8 Å². The van der Waals surface area contributed by atoms with Crippen molar-refractivity contribution in [3.63, 3.8) is 0 Å². The summed E-state index contributed by atoms with van der Waals surface area (Å²) in [5.41, 5.74) is 9.11. The summed E-state index contributed by atoms with van der Waals surface area (Å²) in [5.74, 6) is -2.29. The van der Waals surface area contributed by atoms with Crippen LogP contribution in [0.4, 0.5) is 5.69 Å². The predicted octanol–water partition coefficient (Wildman–Crippen LogP) is 1.99. The lowest BCUT2D eigenvalue weighted by atomic mass is 10.0. The van der Waals surface area contributed by atoms with Gasteiger partial charge in [0.1, 0.15) is 23.7 Å². The third-order valence-electron chi connectivity index (χ3n) is 10.6. The number of primary amides is 1. The Morgan fingerprint density at radius 2 is 1.80 bits per heavy atom. The van der Waals surface area contributed by atoms with E-state index >= 15 is 0 Å². The lowest BCUT2D eigenvalue weighted by molar-refractivity contribution is -0.136. The molecule has 61 heavy (non-hydrogen) atoms. The molecule has 2 fully saturated rings. The number of piperidine rings is 1. The van der Waals surface area contributed by atoms with Gasteiger partial charge in [-0.25, -0.2) is 9.67 Å². The van der Waals surface area contributed by atoms with Crippen molar-refractivity contribution in [2.24, 2.45) is 11.7 Å². The maximum Gasteiger partial charge on any atom is 0.269 e. The van der Waals surface area contributed by atoms with Crippen LogP contribution in [0.3, 0.4) is 0 Å². The van der Waals surface area contributed by atoms with E-state index in [0.29, 0.717) is 55.7 Å². The number of ether oxygens (including phenoxy) is 2. The molecule has 5 aromatic rings. The standard InChI is InChI=1S/C41H43N11O9/c42-37(55)36-26(19-33(53)31-23-61-39(45-31)25-10-11-43-27(18-25)7-6-24-4-5-24)20-51(48-36)22-28-21-50(49-47-28)13-15-60-17-16-59-14-12-44-30-3-1-2-29-35(30)41(58)52(40(29)57)32-8-9-34(54)46-38(32)56/h1-3,10-11,18,20-21,23-24,32,44H,4-9,12-17,19,22H2,(H2,42,55)(H,46,54,56). The molecule has 1 unspecified atom stereocenters. The van der Waals surface area contributed by atoms with Crippen molar-refractivity contribution in [3.8, 4) is 11.5 Å². The van der Waals surface area contributed by atoms with Gasteiger partial charge in [0.2, 0.25) is 17.7 Å². The van der Waals surface area contributed by atoms with E-state index in [0.717, 1.165) is 34.9 Å². The van der Waals surface area contributed by atoms with E-state index in [-0.39, 0.29) is 60.7 Å². The summed E-state index contributed by atoms with van der Waals surface area (Å²) in [7, 11) is 0. The highest BCUT2D eigenvalue weighted by molar-refractivity contribution is 6.25. The molecule has 5 amide bonds. The highest BCUT2D eigenvalue weighted by Crippen LogP contribution is 2.34. The Bertz CT molecular complexity index is 2490. The molecule has 6 heterocycles. The van der Waals surface area contributed by atoms with Crippen LogP contribution >= 0.6 is 0 Å². The van der Waals surface area contributed by atoms with Crippen LogP contribution in [0.5, 0.6) is 0 Å². The average Bonchev–Trinajstić information content (AvgIpc) is 3.51. The lowest BCUT2D eigenvalue weighted by Crippen LogP contribution is -2.54. The number of benzene rings is 1. The summed E-state index contributed by atoms with van der Waals surface area (Å²) < 4.78 is 20.1. The molecule has 316 valence electrons. The Labute approximate surface area is 348 Å². The van der Waals surface area contributed by atoms with Gasteiger partial charge in [-0.1, -0.05) is 24.1 Å². The zero-order valence-corrected chi connectivity index (χ0v) is 33.1. The van der Waals surface area contributed by atoms with E-state index in [9.17, 15) is 28.8 Å². The Kier molecular flexibility index (Phi) is 12.1. The molecule has 0 radical (unpaired) electrons. The number of anilines is 1. The smallest absolute Gasteiger partial charge is 0.269 e. The minimum Gasteiger partial charge on any atom is -0.444 e. The molecule has 0 bridgehead atoms. The quantitative estimate of drug-likeness (QED) is 0.0542. The third-order valence-corrected chi connectivity index (χ3v) is 10.6. The zero-order chi connectivity index (χ0) is 42.5. The van der Waals surface area contributed by atoms with Gasteiger partial charge >= 0.3 is 0 Å². The Morgan fingerprint density at radius 1 is 0.967 bits per heavy atom. The number of hydrogen-bond donors (Lipinski definition) is 3. The molecule has 2 aliphatic heterocycles. The van der Waals surface area contributed by atoms with Crippen molar-refractivity contribution in [1.29, 1.82) is 0 Å². The van der Waals surface area contributed by atoms with E-state index in [4.69, 9.17) is 19.6 Å². The first-order valence-electron chi connectivity index (χ1n) is 20.0. The molecule has 4 N–H and O–H groups in total. The zero-order valence-electron chi connectivity index (χ0n) is 33.1. The first kappa shape index (κ1) is 40.8. The fourth-order valence-electron chi connectivity index (χ4n) is 7.27. The van der Waals surface area contributed by atoms with Gasteiger partial charge in [-0.15, -0.1) is 5.10 Å². The minimum atomic E-state index is -1.04. The van der Waals surface area contributed by atoms with Crippen molar-refractivity contribution >= 4 is 41.0 Å². The first-order valence-corrected chi connectivity index (χ1v) is 20.0. The van der Waals surface area contributed by atoms with Gasteiger partial charge in [-0.3, -0.25) is 48.6 Å². The fourth-order valence-corrected chi connectivity index (χ4v) is 7.27. The molecule has 3 aliphatic rings. The number of nitrogens with zero attached hydrogens (tertiary/aromatic N) is 8. The largest absolute Gasteiger partial charge is 0.444 e. The monoisotopic (exact) mass is 833 g/mol. The Morgan fingerprint density at radius 3 is 2.61 bits per heavy atom. The number of carbonyl (C=O) groups is 6. The predicted molar refractivity (Wildman–Crippen MR) is 212 cm³/mol. The van der Waals surface area contributed by atoms with Crippen molar-refractivity contribution < 1.29 is 42.7 Å². The number of aryl methyl sites for hydroxylation is 1. The molecule has 20 nitrogen and oxygen atoms in total. The number of Topliss-reactive ketones (excluding diaryl/α,β-unsaturated/α-hetero) is 1. The summed E-state index contributed by atoms with van der Waals surface area (Å²) in [6.07, 6.45) is 10.8. The molecule has 1 saturated carbocycles. The number of amides is 5. The van der Waals surface area contributed by atoms with Crippen molar-refractivity contribution in [2.75, 3.05) is 38.3 Å². The van der Waals surface area contributed by atoms with Crippen LogP contribution < -0.4 is 16.4 Å². The molecule has 0 spiro atoms. The van der Waals surface area contributed by atoms with Gasteiger partial charge in [-0.05, 0) is 49.4 Å². The lowest BCUT2D eigenvalue weighted by Gasteiger charge is -2.27. The number of pyridine rings is 1. The van der Waals surface area contributed by atoms with E-state index in [1.807, 2.05) is 6.07 Å². The van der Waals surface area contributed by atoms with Gasteiger partial charge in [0.15, 0.2) is 11.5 Å². The second-order valence-corrected chi connectivity index (χ2v) is 15.0.